The third-order valence-electron chi connectivity index (χ3n) is 5.21. The van der Waals surface area contributed by atoms with Crippen molar-refractivity contribution in [2.45, 2.75) is 26.1 Å². The van der Waals surface area contributed by atoms with Gasteiger partial charge in [-0.2, -0.15) is 0 Å². The number of carbonyl (C=O) groups excluding carboxylic acids is 1. The lowest BCUT2D eigenvalue weighted by molar-refractivity contribution is -0.0980. The summed E-state index contributed by atoms with van der Waals surface area (Å²) in [6.07, 6.45) is -0.932. The van der Waals surface area contributed by atoms with E-state index >= 15 is 0 Å². The molecule has 35 heavy (non-hydrogen) atoms. The fraction of sp³-hybridized carbons (Fsp3) is 0.958. The normalized spacial score (nSPS) is 15.8. The lowest BCUT2D eigenvalue weighted by Gasteiger charge is -2.34. The zero-order chi connectivity index (χ0) is 26.0. The van der Waals surface area contributed by atoms with E-state index in [-0.39, 0.29) is 6.61 Å². The predicted octanol–water partition coefficient (Wildman–Crippen LogP) is 0.0576. The van der Waals surface area contributed by atoms with E-state index in [9.17, 15) is 4.39 Å². The topological polar surface area (TPSA) is 93.8 Å². The Kier molecular flexibility index (Phi) is 25.7. The molecule has 0 spiro atoms. The van der Waals surface area contributed by atoms with E-state index in [1.807, 2.05) is 6.79 Å². The number of nitrogens with one attached hydrogen (secondary N) is 2. The van der Waals surface area contributed by atoms with E-state index in [0.717, 1.165) is 52.4 Å². The molecule has 1 heterocycles. The zero-order valence-corrected chi connectivity index (χ0v) is 22.3. The van der Waals surface area contributed by atoms with Crippen LogP contribution < -0.4 is 10.6 Å². The maximum Gasteiger partial charge on any atom is 0.136 e. The van der Waals surface area contributed by atoms with Gasteiger partial charge in [0.15, 0.2) is 0 Å². The van der Waals surface area contributed by atoms with Crippen LogP contribution in [0, 0.1) is 0 Å². The third-order valence-corrected chi connectivity index (χ3v) is 5.21. The van der Waals surface area contributed by atoms with Gasteiger partial charge in [0, 0.05) is 58.4 Å². The van der Waals surface area contributed by atoms with E-state index < -0.39 is 6.17 Å². The first kappa shape index (κ1) is 34.2. The lowest BCUT2D eigenvalue weighted by Crippen LogP contribution is -2.48. The fourth-order valence-electron chi connectivity index (χ4n) is 3.30. The summed E-state index contributed by atoms with van der Waals surface area (Å²) in [6, 6.07) is 0.491. The van der Waals surface area contributed by atoms with Gasteiger partial charge in [-0.3, -0.25) is 9.80 Å². The molecule has 0 aliphatic carbocycles. The number of nitrogens with zero attached hydrogens (tertiary/aromatic N) is 2. The SMILES string of the molecule is C=O.CNCC(F)COCCN1CCN(CCOCCOCCOCCOCCNC(C)C)CC1. The number of rotatable bonds is 23. The first-order chi connectivity index (χ1) is 17.1. The number of ether oxygens (including phenoxy) is 5. The maximum absolute atomic E-state index is 13.3. The summed E-state index contributed by atoms with van der Waals surface area (Å²) in [6.45, 7) is 19.1. The molecule has 2 N–H and O–H groups in total. The van der Waals surface area contributed by atoms with Crippen molar-refractivity contribution in [3.63, 3.8) is 0 Å². The van der Waals surface area contributed by atoms with Crippen molar-refractivity contribution >= 4 is 6.79 Å². The molecule has 210 valence electrons. The quantitative estimate of drug-likeness (QED) is 0.184. The summed E-state index contributed by atoms with van der Waals surface area (Å²) in [5, 5.41) is 6.11. The summed E-state index contributed by atoms with van der Waals surface area (Å²) in [5.74, 6) is 0. The second kappa shape index (κ2) is 26.3. The molecule has 0 aromatic carbocycles. The maximum atomic E-state index is 13.3. The van der Waals surface area contributed by atoms with Crippen LogP contribution in [-0.4, -0.2) is 154 Å². The fourth-order valence-corrected chi connectivity index (χ4v) is 3.30. The summed E-state index contributed by atoms with van der Waals surface area (Å²) in [4.78, 5) is 12.8. The molecule has 0 bridgehead atoms. The van der Waals surface area contributed by atoms with Crippen molar-refractivity contribution in [3.8, 4) is 0 Å². The highest BCUT2D eigenvalue weighted by atomic mass is 19.1. The van der Waals surface area contributed by atoms with Gasteiger partial charge in [0.05, 0.1) is 66.1 Å². The molecule has 1 unspecified atom stereocenters. The minimum atomic E-state index is -0.932. The van der Waals surface area contributed by atoms with Crippen molar-refractivity contribution in [3.05, 3.63) is 0 Å². The molecular weight excluding hydrogens is 459 g/mol. The minimum Gasteiger partial charge on any atom is -0.378 e. The van der Waals surface area contributed by atoms with Crippen LogP contribution in [0.25, 0.3) is 0 Å². The highest BCUT2D eigenvalue weighted by molar-refractivity contribution is 5.11. The van der Waals surface area contributed by atoms with Crippen LogP contribution in [0.15, 0.2) is 0 Å². The molecule has 1 aliphatic rings. The van der Waals surface area contributed by atoms with Crippen LogP contribution in [0.3, 0.4) is 0 Å². The summed E-state index contributed by atoms with van der Waals surface area (Å²) >= 11 is 0. The highest BCUT2D eigenvalue weighted by Gasteiger charge is 2.16. The van der Waals surface area contributed by atoms with Gasteiger partial charge in [0.25, 0.3) is 0 Å². The van der Waals surface area contributed by atoms with Gasteiger partial charge >= 0.3 is 0 Å². The molecule has 11 heteroatoms. The minimum absolute atomic E-state index is 0.167. The molecule has 1 saturated heterocycles. The van der Waals surface area contributed by atoms with Crippen LogP contribution in [-0.2, 0) is 28.5 Å². The van der Waals surface area contributed by atoms with Crippen molar-refractivity contribution in [1.82, 2.24) is 20.4 Å². The van der Waals surface area contributed by atoms with Crippen LogP contribution >= 0.6 is 0 Å². The summed E-state index contributed by atoms with van der Waals surface area (Å²) in [5.41, 5.74) is 0. The van der Waals surface area contributed by atoms with E-state index in [1.54, 1.807) is 7.05 Å². The molecule has 1 rings (SSSR count). The third kappa shape index (κ3) is 23.4. The van der Waals surface area contributed by atoms with Crippen LogP contribution in [0.2, 0.25) is 0 Å². The van der Waals surface area contributed by atoms with Crippen molar-refractivity contribution in [2.24, 2.45) is 0 Å². The number of piperazine rings is 1. The highest BCUT2D eigenvalue weighted by Crippen LogP contribution is 2.01. The zero-order valence-electron chi connectivity index (χ0n) is 22.3. The molecule has 0 amide bonds. The van der Waals surface area contributed by atoms with Gasteiger partial charge < -0.3 is 39.1 Å². The molecule has 0 radical (unpaired) electrons. The molecule has 0 aromatic rings. The van der Waals surface area contributed by atoms with Gasteiger partial charge in [0.2, 0.25) is 0 Å². The Bertz CT molecular complexity index is 435. The molecule has 1 fully saturated rings. The first-order valence-corrected chi connectivity index (χ1v) is 12.8. The summed E-state index contributed by atoms with van der Waals surface area (Å²) < 4.78 is 40.9. The largest absolute Gasteiger partial charge is 0.378 e. The Morgan fingerprint density at radius 3 is 1.63 bits per heavy atom. The number of halogens is 1. The number of alkyl halides is 1. The standard InChI is InChI=1S/C23H49FN4O5.CH2O/c1-22(2)26-4-11-29-14-16-31-18-19-32-17-15-30-12-9-27-5-7-28(8-6-27)10-13-33-21-23(24)20-25-3;1-2/h22-23,25-26H,4-21H2,1-3H3;1H2. The van der Waals surface area contributed by atoms with Crippen LogP contribution in [0.5, 0.6) is 0 Å². The van der Waals surface area contributed by atoms with Crippen LogP contribution in [0.1, 0.15) is 13.8 Å². The first-order valence-electron chi connectivity index (χ1n) is 12.8. The average Bonchev–Trinajstić information content (AvgIpc) is 2.86. The van der Waals surface area contributed by atoms with E-state index in [1.165, 1.54) is 0 Å². The Hall–Kier alpha value is -0.760. The van der Waals surface area contributed by atoms with Gasteiger partial charge in [0.1, 0.15) is 13.0 Å². The molecule has 0 aromatic heterocycles. The Labute approximate surface area is 212 Å². The van der Waals surface area contributed by atoms with E-state index in [0.29, 0.717) is 65.4 Å². The number of hydrogen-bond acceptors (Lipinski definition) is 10. The Morgan fingerprint density at radius 1 is 0.743 bits per heavy atom. The van der Waals surface area contributed by atoms with Gasteiger partial charge in [-0.1, -0.05) is 13.8 Å². The lowest BCUT2D eigenvalue weighted by atomic mass is 10.3. The molecule has 1 atom stereocenters. The van der Waals surface area contributed by atoms with Gasteiger partial charge in [-0.05, 0) is 7.05 Å². The van der Waals surface area contributed by atoms with Crippen molar-refractivity contribution in [1.29, 1.82) is 0 Å². The average molecular weight is 511 g/mol. The molecule has 0 saturated carbocycles. The second-order valence-electron chi connectivity index (χ2n) is 8.47. The predicted molar refractivity (Wildman–Crippen MR) is 136 cm³/mol. The van der Waals surface area contributed by atoms with Gasteiger partial charge in [-0.25, -0.2) is 4.39 Å². The van der Waals surface area contributed by atoms with Crippen molar-refractivity contribution < 1.29 is 32.9 Å². The smallest absolute Gasteiger partial charge is 0.136 e. The molecule has 1 aliphatic heterocycles. The number of hydrogen-bond donors (Lipinski definition) is 2. The molecule has 10 nitrogen and oxygen atoms in total. The Balaban J connectivity index is 0.00000562. The van der Waals surface area contributed by atoms with Crippen molar-refractivity contribution in [2.75, 3.05) is 125 Å². The van der Waals surface area contributed by atoms with E-state index in [4.69, 9.17) is 28.5 Å². The van der Waals surface area contributed by atoms with Gasteiger partial charge in [-0.15, -0.1) is 0 Å². The van der Waals surface area contributed by atoms with E-state index in [2.05, 4.69) is 34.3 Å². The monoisotopic (exact) mass is 510 g/mol. The molecular formula is C24H51FN4O6. The second-order valence-corrected chi connectivity index (χ2v) is 8.47. The number of carbonyl (C=O) groups is 1. The summed E-state index contributed by atoms with van der Waals surface area (Å²) in [7, 11) is 1.75. The van der Waals surface area contributed by atoms with Crippen LogP contribution in [0.4, 0.5) is 4.39 Å². The Morgan fingerprint density at radius 2 is 1.17 bits per heavy atom.